The lowest BCUT2D eigenvalue weighted by Gasteiger charge is -2.07. The lowest BCUT2D eigenvalue weighted by molar-refractivity contribution is -0.164. The fraction of sp³-hybridized carbons (Fsp3) is 0.200. The second-order valence-electron chi connectivity index (χ2n) is 3.26. The average Bonchev–Trinajstić information content (AvgIpc) is 2.58. The van der Waals surface area contributed by atoms with E-state index in [4.69, 9.17) is 5.11 Å². The number of aliphatic carboxylic acids is 1. The van der Waals surface area contributed by atoms with Crippen molar-refractivity contribution >= 4 is 27.5 Å². The molecule has 2 rings (SSSR count). The zero-order valence-corrected chi connectivity index (χ0v) is 8.80. The van der Waals surface area contributed by atoms with Crippen LogP contribution in [0.1, 0.15) is 5.01 Å². The number of carboxylic acids is 1. The Kier molecular flexibility index (Phi) is 2.59. The molecular formula is C10H7F2NO2S. The van der Waals surface area contributed by atoms with Gasteiger partial charge in [-0.1, -0.05) is 12.1 Å². The third kappa shape index (κ3) is 2.01. The number of alkyl halides is 2. The van der Waals surface area contributed by atoms with Crippen LogP contribution in [0.5, 0.6) is 0 Å². The summed E-state index contributed by atoms with van der Waals surface area (Å²) in [5.74, 6) is -5.87. The minimum Gasteiger partial charge on any atom is -0.477 e. The van der Waals surface area contributed by atoms with Crippen molar-refractivity contribution in [3.8, 4) is 0 Å². The van der Waals surface area contributed by atoms with Crippen LogP contribution >= 0.6 is 11.3 Å². The number of carbonyl (C=O) groups is 1. The number of nitrogens with zero attached hydrogens (tertiary/aromatic N) is 1. The first-order valence-corrected chi connectivity index (χ1v) is 5.26. The molecule has 0 saturated heterocycles. The highest BCUT2D eigenvalue weighted by Gasteiger charge is 2.39. The van der Waals surface area contributed by atoms with Crippen molar-refractivity contribution in [3.63, 3.8) is 0 Å². The number of carboxylic acid groups (broad SMARTS) is 1. The summed E-state index contributed by atoms with van der Waals surface area (Å²) in [7, 11) is 0. The van der Waals surface area contributed by atoms with E-state index in [-0.39, 0.29) is 5.01 Å². The van der Waals surface area contributed by atoms with Crippen LogP contribution in [0.2, 0.25) is 0 Å². The van der Waals surface area contributed by atoms with Crippen molar-refractivity contribution in [2.45, 2.75) is 12.3 Å². The molecule has 0 aliphatic heterocycles. The number of para-hydroxylation sites is 1. The van der Waals surface area contributed by atoms with Crippen LogP contribution < -0.4 is 0 Å². The summed E-state index contributed by atoms with van der Waals surface area (Å²) in [6.07, 6.45) is -0.859. The molecule has 0 amide bonds. The van der Waals surface area contributed by atoms with E-state index in [1.807, 2.05) is 0 Å². The zero-order chi connectivity index (χ0) is 11.8. The molecule has 6 heteroatoms. The maximum absolute atomic E-state index is 12.9. The molecule has 1 aromatic heterocycles. The first-order valence-electron chi connectivity index (χ1n) is 4.45. The number of fused-ring (bicyclic) bond motifs is 1. The second kappa shape index (κ2) is 3.79. The molecule has 16 heavy (non-hydrogen) atoms. The van der Waals surface area contributed by atoms with Crippen LogP contribution in [-0.2, 0) is 11.2 Å². The zero-order valence-electron chi connectivity index (χ0n) is 7.98. The molecule has 0 atom stereocenters. The molecule has 1 heterocycles. The molecule has 0 aliphatic rings. The van der Waals surface area contributed by atoms with Crippen LogP contribution in [0.25, 0.3) is 10.2 Å². The van der Waals surface area contributed by atoms with Crippen molar-refractivity contribution < 1.29 is 18.7 Å². The average molecular weight is 243 g/mol. The molecule has 0 unspecified atom stereocenters. The van der Waals surface area contributed by atoms with Crippen LogP contribution in [-0.4, -0.2) is 22.0 Å². The first kappa shape index (κ1) is 10.9. The molecule has 0 bridgehead atoms. The lowest BCUT2D eigenvalue weighted by Crippen LogP contribution is -2.30. The van der Waals surface area contributed by atoms with E-state index in [0.717, 1.165) is 16.0 Å². The van der Waals surface area contributed by atoms with Crippen LogP contribution in [0.4, 0.5) is 8.78 Å². The molecule has 0 saturated carbocycles. The second-order valence-corrected chi connectivity index (χ2v) is 4.38. The quantitative estimate of drug-likeness (QED) is 0.901. The predicted molar refractivity (Wildman–Crippen MR) is 55.9 cm³/mol. The monoisotopic (exact) mass is 243 g/mol. The predicted octanol–water partition coefficient (Wildman–Crippen LogP) is 2.56. The number of halogens is 2. The van der Waals surface area contributed by atoms with Crippen molar-refractivity contribution in [3.05, 3.63) is 29.3 Å². The van der Waals surface area contributed by atoms with Gasteiger partial charge in [-0.05, 0) is 12.1 Å². The summed E-state index contributed by atoms with van der Waals surface area (Å²) in [6.45, 7) is 0. The Labute approximate surface area is 93.4 Å². The van der Waals surface area contributed by atoms with E-state index in [1.54, 1.807) is 24.3 Å². The molecule has 2 aromatic rings. The SMILES string of the molecule is O=C(O)C(F)(F)Cc1nc2ccccc2s1. The molecule has 1 N–H and O–H groups in total. The van der Waals surface area contributed by atoms with Crippen LogP contribution in [0, 0.1) is 0 Å². The van der Waals surface area contributed by atoms with Gasteiger partial charge in [0.05, 0.1) is 16.6 Å². The Morgan fingerprint density at radius 1 is 1.44 bits per heavy atom. The Morgan fingerprint density at radius 3 is 2.75 bits per heavy atom. The smallest absolute Gasteiger partial charge is 0.375 e. The van der Waals surface area contributed by atoms with Gasteiger partial charge in [0.2, 0.25) is 0 Å². The number of hydrogen-bond acceptors (Lipinski definition) is 3. The highest BCUT2D eigenvalue weighted by Crippen LogP contribution is 2.27. The largest absolute Gasteiger partial charge is 0.477 e. The van der Waals surface area contributed by atoms with E-state index in [0.29, 0.717) is 5.52 Å². The van der Waals surface area contributed by atoms with Gasteiger partial charge in [-0.15, -0.1) is 11.3 Å². The van der Waals surface area contributed by atoms with Gasteiger partial charge in [0.1, 0.15) is 5.01 Å². The molecule has 84 valence electrons. The van der Waals surface area contributed by atoms with Crippen molar-refractivity contribution in [2.75, 3.05) is 0 Å². The standard InChI is InChI=1S/C10H7F2NO2S/c11-10(12,9(14)15)5-8-13-6-3-1-2-4-7(6)16-8/h1-4H,5H2,(H,14,15). The highest BCUT2D eigenvalue weighted by molar-refractivity contribution is 7.18. The van der Waals surface area contributed by atoms with Crippen LogP contribution in [0.15, 0.2) is 24.3 Å². The summed E-state index contributed by atoms with van der Waals surface area (Å²) in [5.41, 5.74) is 0.615. The Bertz CT molecular complexity index is 505. The van der Waals surface area contributed by atoms with Gasteiger partial charge in [0, 0.05) is 0 Å². The third-order valence-corrected chi connectivity index (χ3v) is 3.06. The van der Waals surface area contributed by atoms with Crippen molar-refractivity contribution in [2.24, 2.45) is 0 Å². The minimum absolute atomic E-state index is 0.133. The third-order valence-electron chi connectivity index (χ3n) is 2.02. The number of benzene rings is 1. The number of thiazole rings is 1. The Hall–Kier alpha value is -1.56. The molecule has 0 radical (unpaired) electrons. The van der Waals surface area contributed by atoms with Crippen LogP contribution in [0.3, 0.4) is 0 Å². The Morgan fingerprint density at radius 2 is 2.12 bits per heavy atom. The lowest BCUT2D eigenvalue weighted by atomic mass is 10.2. The summed E-state index contributed by atoms with van der Waals surface area (Å²) >= 11 is 1.09. The van der Waals surface area contributed by atoms with Gasteiger partial charge in [0.15, 0.2) is 0 Å². The summed E-state index contributed by atoms with van der Waals surface area (Å²) < 4.78 is 26.6. The van der Waals surface area contributed by atoms with Gasteiger partial charge in [-0.25, -0.2) is 9.78 Å². The van der Waals surface area contributed by atoms with Gasteiger partial charge >= 0.3 is 11.9 Å². The van der Waals surface area contributed by atoms with Gasteiger partial charge in [-0.3, -0.25) is 0 Å². The fourth-order valence-corrected chi connectivity index (χ4v) is 2.28. The normalized spacial score (nSPS) is 11.9. The molecule has 1 aromatic carbocycles. The summed E-state index contributed by atoms with van der Waals surface area (Å²) in [5, 5.41) is 8.44. The Balaban J connectivity index is 2.32. The van der Waals surface area contributed by atoms with Crippen molar-refractivity contribution in [1.82, 2.24) is 4.98 Å². The summed E-state index contributed by atoms with van der Waals surface area (Å²) in [4.78, 5) is 14.2. The molecular weight excluding hydrogens is 236 g/mol. The molecule has 3 nitrogen and oxygen atoms in total. The maximum atomic E-state index is 12.9. The van der Waals surface area contributed by atoms with E-state index in [9.17, 15) is 13.6 Å². The summed E-state index contributed by atoms with van der Waals surface area (Å²) in [6, 6.07) is 6.99. The fourth-order valence-electron chi connectivity index (χ4n) is 1.26. The van der Waals surface area contributed by atoms with Gasteiger partial charge in [-0.2, -0.15) is 8.78 Å². The topological polar surface area (TPSA) is 50.2 Å². The van der Waals surface area contributed by atoms with E-state index >= 15 is 0 Å². The first-order chi connectivity index (χ1) is 7.49. The molecule has 0 spiro atoms. The number of hydrogen-bond donors (Lipinski definition) is 1. The van der Waals surface area contributed by atoms with E-state index in [2.05, 4.69) is 4.98 Å². The number of rotatable bonds is 3. The minimum atomic E-state index is -3.76. The van der Waals surface area contributed by atoms with Crippen molar-refractivity contribution in [1.29, 1.82) is 0 Å². The van der Waals surface area contributed by atoms with Gasteiger partial charge < -0.3 is 5.11 Å². The van der Waals surface area contributed by atoms with Gasteiger partial charge in [0.25, 0.3) is 0 Å². The van der Waals surface area contributed by atoms with E-state index in [1.165, 1.54) is 0 Å². The number of aromatic nitrogens is 1. The van der Waals surface area contributed by atoms with E-state index < -0.39 is 18.3 Å². The molecule has 0 aliphatic carbocycles. The maximum Gasteiger partial charge on any atom is 0.375 e. The highest BCUT2D eigenvalue weighted by atomic mass is 32.1. The molecule has 0 fully saturated rings.